The number of fused-ring (bicyclic) bond motifs is 13. The Labute approximate surface area is 416 Å². The van der Waals surface area contributed by atoms with Gasteiger partial charge in [0.15, 0.2) is 0 Å². The van der Waals surface area contributed by atoms with Crippen LogP contribution in [0.4, 0.5) is 22.7 Å². The predicted molar refractivity (Wildman–Crippen MR) is 297 cm³/mol. The van der Waals surface area contributed by atoms with Gasteiger partial charge in [0.05, 0.1) is 44.8 Å². The Hall–Kier alpha value is -9.65. The van der Waals surface area contributed by atoms with Crippen LogP contribution in [0.1, 0.15) is 0 Å². The summed E-state index contributed by atoms with van der Waals surface area (Å²) in [6.07, 6.45) is 1.87. The maximum absolute atomic E-state index is 6.96. The smallest absolute Gasteiger partial charge is 0.137 e. The molecule has 0 radical (unpaired) electrons. The minimum absolute atomic E-state index is 0.617. The third-order valence-electron chi connectivity index (χ3n) is 14.8. The lowest BCUT2D eigenvalue weighted by Crippen LogP contribution is -2.24. The van der Waals surface area contributed by atoms with Crippen LogP contribution in [0.2, 0.25) is 0 Å². The normalized spacial score (nSPS) is 12.6. The van der Waals surface area contributed by atoms with Crippen molar-refractivity contribution in [3.8, 4) is 67.5 Å². The van der Waals surface area contributed by atoms with E-state index in [2.05, 4.69) is 256 Å². The molecule has 0 unspecified atom stereocenters. The molecule has 3 aromatic heterocycles. The first-order valence-electron chi connectivity index (χ1n) is 24.6. The summed E-state index contributed by atoms with van der Waals surface area (Å²) in [5.74, 6) is 2.34. The number of hydrogen-bond acceptors (Lipinski definition) is 4. The van der Waals surface area contributed by atoms with Crippen LogP contribution < -0.4 is 14.5 Å². The zero-order chi connectivity index (χ0) is 47.3. The summed E-state index contributed by atoms with van der Waals surface area (Å²) in [5, 5.41) is 4.80. The molecule has 0 aliphatic carbocycles. The maximum atomic E-state index is 6.96. The van der Waals surface area contributed by atoms with E-state index < -0.39 is 0 Å². The highest BCUT2D eigenvalue weighted by atomic mass is 16.5. The summed E-state index contributed by atoms with van der Waals surface area (Å²) in [6, 6.07) is 87.0. The quantitative estimate of drug-likeness (QED) is 0.160. The highest BCUT2D eigenvalue weighted by molar-refractivity contribution is 6.23. The molecule has 0 spiro atoms. The lowest BCUT2D eigenvalue weighted by Gasteiger charge is -2.27. The van der Waals surface area contributed by atoms with Gasteiger partial charge in [0.25, 0.3) is 0 Å². The highest BCUT2D eigenvalue weighted by Crippen LogP contribution is 2.53. The lowest BCUT2D eigenvalue weighted by atomic mass is 9.91. The Kier molecular flexibility index (Phi) is 8.92. The van der Waals surface area contributed by atoms with Crippen LogP contribution >= 0.6 is 0 Å². The topological polar surface area (TPSA) is 38.5 Å². The molecule has 15 rings (SSSR count). The van der Waals surface area contributed by atoms with Crippen molar-refractivity contribution in [2.75, 3.05) is 16.5 Å². The minimum atomic E-state index is 0.617. The van der Waals surface area contributed by atoms with Crippen LogP contribution in [0.25, 0.3) is 99.6 Å². The fourth-order valence-electron chi connectivity index (χ4n) is 11.8. The summed E-state index contributed by atoms with van der Waals surface area (Å²) in [7, 11) is 0. The van der Waals surface area contributed by atoms with E-state index in [1.54, 1.807) is 0 Å². The van der Waals surface area contributed by atoms with Gasteiger partial charge in [0.1, 0.15) is 24.0 Å². The summed E-state index contributed by atoms with van der Waals surface area (Å²) in [4.78, 5) is 9.82. The molecule has 0 saturated heterocycles. The van der Waals surface area contributed by atoms with Crippen LogP contribution in [-0.2, 0) is 0 Å². The SMILES string of the molecule is c1ccc(-c2cccc(-c3ccccc3)c2N2CN(c3cccc(Oc4ccc5c6c7c(ccc6n(-c6ccccn6)c5c4)-n4c5ccccc5c5cccc(c54)-c4ccccc4-7)c3)c3ccccc32)cc1. The molecule has 0 saturated carbocycles. The number of benzene rings is 10. The van der Waals surface area contributed by atoms with E-state index in [1.807, 2.05) is 12.3 Å². The number of para-hydroxylation sites is 5. The van der Waals surface area contributed by atoms with Crippen molar-refractivity contribution in [3.05, 3.63) is 249 Å². The first-order valence-corrected chi connectivity index (χ1v) is 24.6. The number of nitrogens with zero attached hydrogens (tertiary/aromatic N) is 5. The van der Waals surface area contributed by atoms with E-state index in [4.69, 9.17) is 9.72 Å². The zero-order valence-electron chi connectivity index (χ0n) is 39.0. The second-order valence-electron chi connectivity index (χ2n) is 18.7. The Morgan fingerprint density at radius 2 is 1.01 bits per heavy atom. The predicted octanol–water partition coefficient (Wildman–Crippen LogP) is 17.3. The molecular weight excluding hydrogens is 879 g/mol. The molecule has 10 aromatic carbocycles. The molecule has 338 valence electrons. The summed E-state index contributed by atoms with van der Waals surface area (Å²) in [5.41, 5.74) is 19.8. The Balaban J connectivity index is 0.863. The number of aromatic nitrogens is 3. The molecule has 6 heteroatoms. The van der Waals surface area contributed by atoms with Gasteiger partial charge in [-0.1, -0.05) is 164 Å². The Morgan fingerprint density at radius 3 is 1.81 bits per heavy atom. The van der Waals surface area contributed by atoms with Crippen molar-refractivity contribution in [2.45, 2.75) is 0 Å². The molecule has 6 nitrogen and oxygen atoms in total. The fraction of sp³-hybridized carbons (Fsp3) is 0.0152. The summed E-state index contributed by atoms with van der Waals surface area (Å²) >= 11 is 0. The van der Waals surface area contributed by atoms with Gasteiger partial charge in [-0.3, -0.25) is 4.57 Å². The molecule has 2 aliphatic heterocycles. The van der Waals surface area contributed by atoms with Crippen molar-refractivity contribution in [2.24, 2.45) is 0 Å². The minimum Gasteiger partial charge on any atom is -0.457 e. The van der Waals surface area contributed by atoms with Crippen LogP contribution in [0.3, 0.4) is 0 Å². The molecule has 0 N–H and O–H groups in total. The Bertz CT molecular complexity index is 4230. The summed E-state index contributed by atoms with van der Waals surface area (Å²) in [6.45, 7) is 0.617. The Morgan fingerprint density at radius 1 is 0.375 bits per heavy atom. The van der Waals surface area contributed by atoms with E-state index in [0.717, 1.165) is 56.5 Å². The third-order valence-corrected chi connectivity index (χ3v) is 14.8. The van der Waals surface area contributed by atoms with Gasteiger partial charge in [-0.05, 0) is 89.0 Å². The van der Waals surface area contributed by atoms with Crippen molar-refractivity contribution in [1.82, 2.24) is 14.1 Å². The van der Waals surface area contributed by atoms with Crippen LogP contribution in [-0.4, -0.2) is 20.8 Å². The van der Waals surface area contributed by atoms with Gasteiger partial charge in [-0.25, -0.2) is 4.98 Å². The van der Waals surface area contributed by atoms with E-state index in [9.17, 15) is 0 Å². The number of ether oxygens (including phenoxy) is 1. The fourth-order valence-corrected chi connectivity index (χ4v) is 11.8. The van der Waals surface area contributed by atoms with E-state index in [1.165, 1.54) is 77.4 Å². The zero-order valence-corrected chi connectivity index (χ0v) is 39.0. The van der Waals surface area contributed by atoms with Gasteiger partial charge < -0.3 is 19.1 Å². The number of anilines is 4. The van der Waals surface area contributed by atoms with Crippen molar-refractivity contribution >= 4 is 66.4 Å². The molecule has 0 bridgehead atoms. The second kappa shape index (κ2) is 16.0. The third kappa shape index (κ3) is 6.06. The van der Waals surface area contributed by atoms with Gasteiger partial charge in [-0.2, -0.15) is 0 Å². The van der Waals surface area contributed by atoms with Crippen LogP contribution in [0.5, 0.6) is 11.5 Å². The maximum Gasteiger partial charge on any atom is 0.137 e. The van der Waals surface area contributed by atoms with Gasteiger partial charge in [-0.15, -0.1) is 0 Å². The molecule has 5 heterocycles. The van der Waals surface area contributed by atoms with Crippen molar-refractivity contribution in [1.29, 1.82) is 0 Å². The monoisotopic (exact) mass is 921 g/mol. The van der Waals surface area contributed by atoms with E-state index in [0.29, 0.717) is 6.67 Å². The molecule has 2 aliphatic rings. The first-order chi connectivity index (χ1) is 35.7. The molecule has 0 amide bonds. The second-order valence-corrected chi connectivity index (χ2v) is 18.7. The standard InChI is InChI=1S/C66H43N5O/c1-3-18-43(19-4-1)48-27-16-28-49(44-20-5-2-6-21-44)65(48)69-42-68(57-32-11-12-33-58(57)69)45-22-15-23-46(40-45)72-47-35-36-55-61(41-47)70(62-34-13-14-39-67-62)59-37-38-60-63(64(55)59)52-26-8-7-24-50(52)53-29-17-30-54-51-25-9-10-31-56(51)71(60)66(53)54/h1-41H,42H2. The van der Waals surface area contributed by atoms with Crippen molar-refractivity contribution < 1.29 is 4.74 Å². The van der Waals surface area contributed by atoms with Crippen molar-refractivity contribution in [3.63, 3.8) is 0 Å². The molecular formula is C66H43N5O. The average molecular weight is 922 g/mol. The average Bonchev–Trinajstić information content (AvgIpc) is 4.09. The van der Waals surface area contributed by atoms with E-state index in [-0.39, 0.29) is 0 Å². The van der Waals surface area contributed by atoms with Gasteiger partial charge >= 0.3 is 0 Å². The highest BCUT2D eigenvalue weighted by Gasteiger charge is 2.32. The van der Waals surface area contributed by atoms with Crippen LogP contribution in [0, 0.1) is 0 Å². The number of hydrogen-bond donors (Lipinski definition) is 0. The van der Waals surface area contributed by atoms with E-state index >= 15 is 0 Å². The molecule has 0 atom stereocenters. The number of pyridine rings is 1. The molecule has 72 heavy (non-hydrogen) atoms. The number of rotatable bonds is 7. The van der Waals surface area contributed by atoms with Gasteiger partial charge in [0, 0.05) is 67.8 Å². The van der Waals surface area contributed by atoms with Gasteiger partial charge in [0.2, 0.25) is 0 Å². The first kappa shape index (κ1) is 40.3. The summed E-state index contributed by atoms with van der Waals surface area (Å²) < 4.78 is 11.7. The largest absolute Gasteiger partial charge is 0.457 e. The molecule has 13 aromatic rings. The molecule has 0 fully saturated rings. The lowest BCUT2D eigenvalue weighted by molar-refractivity contribution is 0.483. The van der Waals surface area contributed by atoms with Crippen LogP contribution in [0.15, 0.2) is 249 Å².